The number of nitrogens with one attached hydrogen (secondary N) is 1. The number of amides is 2. The van der Waals surface area contributed by atoms with Gasteiger partial charge in [0.25, 0.3) is 0 Å². The van der Waals surface area contributed by atoms with E-state index in [1.54, 1.807) is 63.2 Å². The van der Waals surface area contributed by atoms with E-state index >= 15 is 0 Å². The maximum atomic E-state index is 13.4. The summed E-state index contributed by atoms with van der Waals surface area (Å²) in [6.07, 6.45) is 1.03. The summed E-state index contributed by atoms with van der Waals surface area (Å²) in [5.41, 5.74) is 1.71. The van der Waals surface area contributed by atoms with Crippen molar-refractivity contribution in [3.63, 3.8) is 0 Å². The summed E-state index contributed by atoms with van der Waals surface area (Å²) in [5, 5.41) is 3.71. The van der Waals surface area contributed by atoms with Gasteiger partial charge in [0.05, 0.1) is 11.9 Å². The molecule has 0 spiro atoms. The van der Waals surface area contributed by atoms with Gasteiger partial charge in [-0.25, -0.2) is 8.42 Å². The molecule has 2 aromatic rings. The van der Waals surface area contributed by atoms with Crippen LogP contribution in [0.1, 0.15) is 25.0 Å². The Labute approximate surface area is 199 Å². The molecule has 1 N–H and O–H groups in total. The first-order chi connectivity index (χ1) is 14.9. The molecule has 2 aromatic carbocycles. The van der Waals surface area contributed by atoms with Gasteiger partial charge in [-0.3, -0.25) is 13.9 Å². The largest absolute Gasteiger partial charge is 0.355 e. The van der Waals surface area contributed by atoms with Crippen LogP contribution >= 0.6 is 23.2 Å². The van der Waals surface area contributed by atoms with E-state index in [2.05, 4.69) is 5.32 Å². The fourth-order valence-corrected chi connectivity index (χ4v) is 4.44. The number of likely N-dealkylation sites (N-methyl/N-ethyl adjacent to an activating group) is 1. The maximum absolute atomic E-state index is 13.4. The van der Waals surface area contributed by atoms with Crippen molar-refractivity contribution in [2.45, 2.75) is 33.4 Å². The number of benzene rings is 2. The molecule has 32 heavy (non-hydrogen) atoms. The van der Waals surface area contributed by atoms with Gasteiger partial charge in [-0.05, 0) is 62.2 Å². The fraction of sp³-hybridized carbons (Fsp3) is 0.364. The normalized spacial score (nSPS) is 12.2. The molecule has 0 fully saturated rings. The van der Waals surface area contributed by atoms with Crippen molar-refractivity contribution >= 4 is 50.7 Å². The van der Waals surface area contributed by atoms with Gasteiger partial charge in [-0.15, -0.1) is 0 Å². The molecule has 174 valence electrons. The van der Waals surface area contributed by atoms with Gasteiger partial charge in [-0.2, -0.15) is 0 Å². The highest BCUT2D eigenvalue weighted by Gasteiger charge is 2.30. The summed E-state index contributed by atoms with van der Waals surface area (Å²) in [5.74, 6) is -0.845. The Morgan fingerprint density at radius 1 is 1.06 bits per heavy atom. The third-order valence-corrected chi connectivity index (χ3v) is 6.50. The quantitative estimate of drug-likeness (QED) is 0.570. The van der Waals surface area contributed by atoms with E-state index in [1.165, 1.54) is 4.90 Å². The van der Waals surface area contributed by atoms with Crippen LogP contribution in [0, 0.1) is 6.92 Å². The second-order valence-electron chi connectivity index (χ2n) is 7.42. The number of carbonyl (C=O) groups is 2. The minimum atomic E-state index is -3.79. The molecule has 1 atom stereocenters. The molecule has 0 saturated heterocycles. The second kappa shape index (κ2) is 11.0. The van der Waals surface area contributed by atoms with Crippen LogP contribution in [-0.4, -0.2) is 50.5 Å². The Bertz CT molecular complexity index is 1080. The fourth-order valence-electron chi connectivity index (χ4n) is 3.18. The zero-order valence-electron chi connectivity index (χ0n) is 18.4. The molecule has 10 heteroatoms. The Hall–Kier alpha value is -2.29. The highest BCUT2D eigenvalue weighted by molar-refractivity contribution is 7.92. The summed E-state index contributed by atoms with van der Waals surface area (Å²) in [6.45, 7) is 5.17. The van der Waals surface area contributed by atoms with Crippen molar-refractivity contribution in [1.82, 2.24) is 10.2 Å². The van der Waals surface area contributed by atoms with Gasteiger partial charge in [0.15, 0.2) is 0 Å². The van der Waals surface area contributed by atoms with Gasteiger partial charge in [-0.1, -0.05) is 35.3 Å². The minimum absolute atomic E-state index is 0.117. The molecule has 0 saturated carbocycles. The molecular weight excluding hydrogens is 473 g/mol. The molecule has 0 radical (unpaired) electrons. The minimum Gasteiger partial charge on any atom is -0.355 e. The lowest BCUT2D eigenvalue weighted by Crippen LogP contribution is -2.51. The molecule has 0 bridgehead atoms. The van der Waals surface area contributed by atoms with Crippen molar-refractivity contribution in [2.24, 2.45) is 0 Å². The number of carbonyl (C=O) groups excluding carboxylic acids is 2. The predicted molar refractivity (Wildman–Crippen MR) is 129 cm³/mol. The van der Waals surface area contributed by atoms with Crippen molar-refractivity contribution in [3.05, 3.63) is 63.6 Å². The molecule has 0 unspecified atom stereocenters. The van der Waals surface area contributed by atoms with E-state index in [0.29, 0.717) is 27.8 Å². The molecule has 7 nitrogen and oxygen atoms in total. The van der Waals surface area contributed by atoms with Crippen molar-refractivity contribution in [1.29, 1.82) is 0 Å². The summed E-state index contributed by atoms with van der Waals surface area (Å²) in [6, 6.07) is 10.8. The first-order valence-electron chi connectivity index (χ1n) is 9.99. The van der Waals surface area contributed by atoms with Crippen molar-refractivity contribution < 1.29 is 18.0 Å². The van der Waals surface area contributed by atoms with Crippen LogP contribution in [0.3, 0.4) is 0 Å². The number of hydrogen-bond donors (Lipinski definition) is 1. The second-order valence-corrected chi connectivity index (χ2v) is 10.2. The molecular formula is C22H27Cl2N3O4S. The third kappa shape index (κ3) is 6.85. The number of halogens is 2. The van der Waals surface area contributed by atoms with E-state index in [4.69, 9.17) is 23.2 Å². The molecule has 0 aliphatic rings. The zero-order valence-corrected chi connectivity index (χ0v) is 20.8. The maximum Gasteiger partial charge on any atom is 0.244 e. The molecule has 2 rings (SSSR count). The number of sulfonamides is 1. The molecule has 0 aromatic heterocycles. The Kier molecular flexibility index (Phi) is 8.95. The van der Waals surface area contributed by atoms with Crippen LogP contribution in [0.25, 0.3) is 0 Å². The molecule has 0 heterocycles. The van der Waals surface area contributed by atoms with Crippen LogP contribution in [0.2, 0.25) is 10.0 Å². The van der Waals surface area contributed by atoms with Crippen LogP contribution < -0.4 is 9.62 Å². The molecule has 2 amide bonds. The van der Waals surface area contributed by atoms with Gasteiger partial charge in [0.2, 0.25) is 21.8 Å². The average Bonchev–Trinajstić information content (AvgIpc) is 2.71. The van der Waals surface area contributed by atoms with Crippen LogP contribution in [0.4, 0.5) is 5.69 Å². The smallest absolute Gasteiger partial charge is 0.244 e. The van der Waals surface area contributed by atoms with E-state index in [9.17, 15) is 18.0 Å². The van der Waals surface area contributed by atoms with Crippen molar-refractivity contribution in [2.75, 3.05) is 23.7 Å². The monoisotopic (exact) mass is 499 g/mol. The molecule has 0 aliphatic heterocycles. The zero-order chi connectivity index (χ0) is 24.1. The van der Waals surface area contributed by atoms with Crippen LogP contribution in [-0.2, 0) is 26.2 Å². The van der Waals surface area contributed by atoms with Crippen LogP contribution in [0.15, 0.2) is 42.5 Å². The van der Waals surface area contributed by atoms with Crippen LogP contribution in [0.5, 0.6) is 0 Å². The van der Waals surface area contributed by atoms with Gasteiger partial charge in [0, 0.05) is 23.1 Å². The molecule has 0 aliphatic carbocycles. The number of aryl methyl sites for hydroxylation is 1. The Morgan fingerprint density at radius 3 is 2.19 bits per heavy atom. The van der Waals surface area contributed by atoms with Gasteiger partial charge >= 0.3 is 0 Å². The topological polar surface area (TPSA) is 86.8 Å². The first-order valence-corrected chi connectivity index (χ1v) is 12.6. The number of rotatable bonds is 9. The lowest BCUT2D eigenvalue weighted by atomic mass is 10.1. The van der Waals surface area contributed by atoms with Gasteiger partial charge < -0.3 is 10.2 Å². The highest BCUT2D eigenvalue weighted by atomic mass is 35.5. The number of hydrogen-bond acceptors (Lipinski definition) is 4. The standard InChI is InChI=1S/C22H27Cl2N3O4S/c1-5-25-22(29)16(3)26(13-17-6-8-18(23)9-7-17)21(28)14-27(32(4,30)31)20-11-10-19(24)12-15(20)2/h6-12,16H,5,13-14H2,1-4H3,(H,25,29)/t16-/m1/s1. The average molecular weight is 500 g/mol. The Morgan fingerprint density at radius 2 is 1.66 bits per heavy atom. The highest BCUT2D eigenvalue weighted by Crippen LogP contribution is 2.26. The Balaban J connectivity index is 2.40. The lowest BCUT2D eigenvalue weighted by Gasteiger charge is -2.31. The van der Waals surface area contributed by atoms with E-state index in [1.807, 2.05) is 0 Å². The van der Waals surface area contributed by atoms with Crippen molar-refractivity contribution in [3.8, 4) is 0 Å². The van der Waals surface area contributed by atoms with E-state index in [-0.39, 0.29) is 12.5 Å². The summed E-state index contributed by atoms with van der Waals surface area (Å²) in [4.78, 5) is 27.2. The van der Waals surface area contributed by atoms with E-state index in [0.717, 1.165) is 16.1 Å². The van der Waals surface area contributed by atoms with E-state index < -0.39 is 28.5 Å². The number of nitrogens with zero attached hydrogens (tertiary/aromatic N) is 2. The van der Waals surface area contributed by atoms with Gasteiger partial charge in [0.1, 0.15) is 12.6 Å². The summed E-state index contributed by atoms with van der Waals surface area (Å²) < 4.78 is 26.1. The summed E-state index contributed by atoms with van der Waals surface area (Å²) >= 11 is 12.0. The lowest BCUT2D eigenvalue weighted by molar-refractivity contribution is -0.139. The predicted octanol–water partition coefficient (Wildman–Crippen LogP) is 3.62. The number of anilines is 1. The SMILES string of the molecule is CCNC(=O)[C@@H](C)N(Cc1ccc(Cl)cc1)C(=O)CN(c1ccc(Cl)cc1C)S(C)(=O)=O. The summed E-state index contributed by atoms with van der Waals surface area (Å²) in [7, 11) is -3.79. The third-order valence-electron chi connectivity index (χ3n) is 4.89. The first kappa shape index (κ1) is 26.0.